The Hall–Kier alpha value is -3.07. The summed E-state index contributed by atoms with van der Waals surface area (Å²) in [6.45, 7) is 6.13. The highest BCUT2D eigenvalue weighted by Crippen LogP contribution is 2.28. The Balaban J connectivity index is 1.42. The molecule has 3 heteroatoms. The average molecular weight is 399 g/mol. The van der Waals surface area contributed by atoms with Crippen molar-refractivity contribution in [1.29, 1.82) is 0 Å². The first kappa shape index (κ1) is 20.2. The Morgan fingerprint density at radius 1 is 1.00 bits per heavy atom. The van der Waals surface area contributed by atoms with Gasteiger partial charge in [0.25, 0.3) is 5.91 Å². The molecule has 0 saturated carbocycles. The van der Waals surface area contributed by atoms with E-state index in [1.165, 1.54) is 28.8 Å². The molecule has 3 nitrogen and oxygen atoms in total. The first-order chi connectivity index (χ1) is 14.6. The van der Waals surface area contributed by atoms with Crippen LogP contribution in [-0.4, -0.2) is 12.5 Å². The minimum atomic E-state index is -0.0164. The number of para-hydroxylation sites is 1. The Morgan fingerprint density at radius 2 is 1.73 bits per heavy atom. The first-order valence-corrected chi connectivity index (χ1v) is 10.9. The number of amides is 1. The van der Waals surface area contributed by atoms with Crippen LogP contribution in [0.15, 0.2) is 72.8 Å². The highest BCUT2D eigenvalue weighted by atomic mass is 16.1. The summed E-state index contributed by atoms with van der Waals surface area (Å²) in [6.07, 6.45) is 3.21. The topological polar surface area (TPSA) is 32.3 Å². The van der Waals surface area contributed by atoms with Crippen molar-refractivity contribution in [3.63, 3.8) is 0 Å². The molecular formula is C27H30N2O. The van der Waals surface area contributed by atoms with E-state index in [1.54, 1.807) is 0 Å². The van der Waals surface area contributed by atoms with E-state index in [4.69, 9.17) is 0 Å². The molecular weight excluding hydrogens is 368 g/mol. The van der Waals surface area contributed by atoms with E-state index >= 15 is 0 Å². The molecule has 1 N–H and O–H groups in total. The minimum Gasteiger partial charge on any atom is -0.367 e. The van der Waals surface area contributed by atoms with E-state index in [0.717, 1.165) is 31.5 Å². The maximum Gasteiger partial charge on any atom is 0.251 e. The maximum atomic E-state index is 12.8. The van der Waals surface area contributed by atoms with Gasteiger partial charge in [0.05, 0.1) is 6.04 Å². The molecule has 0 fully saturated rings. The number of nitrogens with zero attached hydrogens (tertiary/aromatic N) is 1. The van der Waals surface area contributed by atoms with E-state index in [1.807, 2.05) is 12.1 Å². The van der Waals surface area contributed by atoms with Gasteiger partial charge in [-0.2, -0.15) is 0 Å². The molecule has 3 aromatic carbocycles. The summed E-state index contributed by atoms with van der Waals surface area (Å²) in [4.78, 5) is 15.2. The summed E-state index contributed by atoms with van der Waals surface area (Å²) in [6, 6.07) is 25.2. The van der Waals surface area contributed by atoms with Crippen LogP contribution in [0.1, 0.15) is 58.4 Å². The lowest BCUT2D eigenvalue weighted by atomic mass is 10.0. The summed E-state index contributed by atoms with van der Waals surface area (Å²) in [5, 5.41) is 3.18. The molecule has 0 bridgehead atoms. The standard InChI is InChI=1S/C27H30N2O/c1-3-25(22-14-10-20(2)11-15-22)28-27(30)24-16-12-21(13-17-24)19-29-18-6-8-23-7-4-5-9-26(23)29/h4-5,7,9-17,25H,3,6,8,18-19H2,1-2H3,(H,28,30)/t25-/m1/s1. The molecule has 0 saturated heterocycles. The van der Waals surface area contributed by atoms with Gasteiger partial charge in [0.2, 0.25) is 0 Å². The Kier molecular flexibility index (Phi) is 6.18. The van der Waals surface area contributed by atoms with Crippen LogP contribution in [0.4, 0.5) is 5.69 Å². The molecule has 3 aromatic rings. The molecule has 1 amide bonds. The van der Waals surface area contributed by atoms with Gasteiger partial charge in [0.15, 0.2) is 0 Å². The molecule has 0 aliphatic carbocycles. The van der Waals surface area contributed by atoms with Crippen molar-refractivity contribution in [2.45, 2.75) is 45.7 Å². The van der Waals surface area contributed by atoms with E-state index in [-0.39, 0.29) is 11.9 Å². The van der Waals surface area contributed by atoms with Gasteiger partial charge in [-0.15, -0.1) is 0 Å². The van der Waals surface area contributed by atoms with Gasteiger partial charge in [0.1, 0.15) is 0 Å². The SMILES string of the molecule is CC[C@@H](NC(=O)c1ccc(CN2CCCc3ccccc32)cc1)c1ccc(C)cc1. The Morgan fingerprint density at radius 3 is 2.47 bits per heavy atom. The van der Waals surface area contributed by atoms with Gasteiger partial charge >= 0.3 is 0 Å². The van der Waals surface area contributed by atoms with Gasteiger partial charge in [-0.05, 0) is 61.1 Å². The smallest absolute Gasteiger partial charge is 0.251 e. The Labute approximate surface area is 179 Å². The lowest BCUT2D eigenvalue weighted by Crippen LogP contribution is -2.29. The average Bonchev–Trinajstić information content (AvgIpc) is 2.79. The molecule has 1 aliphatic heterocycles. The van der Waals surface area contributed by atoms with Gasteiger partial charge in [-0.25, -0.2) is 0 Å². The third-order valence-electron chi connectivity index (χ3n) is 5.99. The zero-order chi connectivity index (χ0) is 20.9. The molecule has 0 spiro atoms. The number of rotatable bonds is 6. The van der Waals surface area contributed by atoms with Crippen molar-refractivity contribution in [2.75, 3.05) is 11.4 Å². The highest BCUT2D eigenvalue weighted by molar-refractivity contribution is 5.94. The van der Waals surface area contributed by atoms with Crippen LogP contribution in [0.2, 0.25) is 0 Å². The second kappa shape index (κ2) is 9.17. The van der Waals surface area contributed by atoms with Crippen LogP contribution in [0.25, 0.3) is 0 Å². The first-order valence-electron chi connectivity index (χ1n) is 10.9. The fraction of sp³-hybridized carbons (Fsp3) is 0.296. The number of aryl methyl sites for hydroxylation is 2. The summed E-state index contributed by atoms with van der Waals surface area (Å²) in [5.41, 5.74) is 7.09. The van der Waals surface area contributed by atoms with Crippen LogP contribution in [0, 0.1) is 6.92 Å². The number of benzene rings is 3. The molecule has 4 rings (SSSR count). The fourth-order valence-corrected chi connectivity index (χ4v) is 4.22. The van der Waals surface area contributed by atoms with Crippen LogP contribution >= 0.6 is 0 Å². The summed E-state index contributed by atoms with van der Waals surface area (Å²) in [5.74, 6) is -0.0164. The number of hydrogen-bond donors (Lipinski definition) is 1. The number of nitrogens with one attached hydrogen (secondary N) is 1. The van der Waals surface area contributed by atoms with Crippen molar-refractivity contribution >= 4 is 11.6 Å². The van der Waals surface area contributed by atoms with E-state index < -0.39 is 0 Å². The van der Waals surface area contributed by atoms with Crippen LogP contribution in [0.3, 0.4) is 0 Å². The second-order valence-electron chi connectivity index (χ2n) is 8.20. The summed E-state index contributed by atoms with van der Waals surface area (Å²) in [7, 11) is 0. The molecule has 1 heterocycles. The third-order valence-corrected chi connectivity index (χ3v) is 5.99. The van der Waals surface area contributed by atoms with Crippen molar-refractivity contribution in [2.24, 2.45) is 0 Å². The monoisotopic (exact) mass is 398 g/mol. The summed E-state index contributed by atoms with van der Waals surface area (Å²) < 4.78 is 0. The highest BCUT2D eigenvalue weighted by Gasteiger charge is 2.17. The quantitative estimate of drug-likeness (QED) is 0.567. The van der Waals surface area contributed by atoms with Gasteiger partial charge < -0.3 is 10.2 Å². The zero-order valence-electron chi connectivity index (χ0n) is 17.9. The molecule has 1 atom stereocenters. The van der Waals surface area contributed by atoms with E-state index in [9.17, 15) is 4.79 Å². The number of carbonyl (C=O) groups excluding carboxylic acids is 1. The Bertz CT molecular complexity index is 992. The zero-order valence-corrected chi connectivity index (χ0v) is 17.9. The molecule has 0 unspecified atom stereocenters. The van der Waals surface area contributed by atoms with Crippen LogP contribution < -0.4 is 10.2 Å². The number of carbonyl (C=O) groups is 1. The lowest BCUT2D eigenvalue weighted by molar-refractivity contribution is 0.0935. The molecule has 154 valence electrons. The number of hydrogen-bond acceptors (Lipinski definition) is 2. The van der Waals surface area contributed by atoms with E-state index in [0.29, 0.717) is 5.56 Å². The van der Waals surface area contributed by atoms with Crippen LogP contribution in [0.5, 0.6) is 0 Å². The largest absolute Gasteiger partial charge is 0.367 e. The van der Waals surface area contributed by atoms with Crippen LogP contribution in [-0.2, 0) is 13.0 Å². The molecule has 1 aliphatic rings. The lowest BCUT2D eigenvalue weighted by Gasteiger charge is -2.31. The van der Waals surface area contributed by atoms with Gasteiger partial charge in [-0.3, -0.25) is 4.79 Å². The fourth-order valence-electron chi connectivity index (χ4n) is 4.22. The molecule has 30 heavy (non-hydrogen) atoms. The van der Waals surface area contributed by atoms with Crippen molar-refractivity contribution in [3.05, 3.63) is 101 Å². The molecule has 0 aromatic heterocycles. The second-order valence-corrected chi connectivity index (χ2v) is 8.20. The number of fused-ring (bicyclic) bond motifs is 1. The van der Waals surface area contributed by atoms with Crippen molar-refractivity contribution in [3.8, 4) is 0 Å². The summed E-state index contributed by atoms with van der Waals surface area (Å²) >= 11 is 0. The third kappa shape index (κ3) is 4.56. The number of anilines is 1. The van der Waals surface area contributed by atoms with E-state index in [2.05, 4.69) is 84.7 Å². The predicted octanol–water partition coefficient (Wildman–Crippen LogP) is 5.83. The normalized spacial score (nSPS) is 14.1. The predicted molar refractivity (Wildman–Crippen MR) is 124 cm³/mol. The maximum absolute atomic E-state index is 12.8. The minimum absolute atomic E-state index is 0.0164. The van der Waals surface area contributed by atoms with Gasteiger partial charge in [-0.1, -0.05) is 67.1 Å². The van der Waals surface area contributed by atoms with Crippen molar-refractivity contribution in [1.82, 2.24) is 5.32 Å². The van der Waals surface area contributed by atoms with Crippen molar-refractivity contribution < 1.29 is 4.79 Å². The van der Waals surface area contributed by atoms with Gasteiger partial charge in [0, 0.05) is 24.3 Å². The molecule has 0 radical (unpaired) electrons.